The van der Waals surface area contributed by atoms with Gasteiger partial charge >= 0.3 is 0 Å². The summed E-state index contributed by atoms with van der Waals surface area (Å²) in [6.07, 6.45) is 15.3. The van der Waals surface area contributed by atoms with Crippen LogP contribution in [-0.2, 0) is 0 Å². The summed E-state index contributed by atoms with van der Waals surface area (Å²) in [5.41, 5.74) is -0.344. The van der Waals surface area contributed by atoms with Crippen molar-refractivity contribution in [2.75, 3.05) is 0 Å². The third-order valence-electron chi connectivity index (χ3n) is 8.95. The van der Waals surface area contributed by atoms with Crippen LogP contribution in [0.4, 0.5) is 0 Å². The van der Waals surface area contributed by atoms with Crippen molar-refractivity contribution in [1.82, 2.24) is 0 Å². The van der Waals surface area contributed by atoms with Crippen LogP contribution in [0, 0.1) is 46.8 Å². The van der Waals surface area contributed by atoms with Crippen molar-refractivity contribution >= 4 is 0 Å². The summed E-state index contributed by atoms with van der Waals surface area (Å²) in [7, 11) is 0. The molecule has 8 atom stereocenters. The van der Waals surface area contributed by atoms with E-state index in [1.54, 1.807) is 0 Å². The molecule has 0 spiro atoms. The van der Waals surface area contributed by atoms with E-state index in [4.69, 9.17) is 6.42 Å². The summed E-state index contributed by atoms with van der Waals surface area (Å²) in [5, 5.41) is 21.1. The highest BCUT2D eigenvalue weighted by Gasteiger charge is 2.60. The first kappa shape index (κ1) is 16.0. The maximum Gasteiger partial charge on any atom is 0.125 e. The second-order valence-corrected chi connectivity index (χ2v) is 9.67. The van der Waals surface area contributed by atoms with Crippen LogP contribution in [-0.4, -0.2) is 21.9 Å². The minimum atomic E-state index is -0.857. The standard InChI is InChI=1S/C21H32O2/c1-4-21(23)12-11-19(2)14(13-21)5-6-15-16-7-8-18(22)20(16,3)10-9-17(15)19/h1,14-18,22-23H,5-13H2,2-3H3/t14-,15+,16+,17+,18+,19+,20+,21-/m1/s1. The predicted octanol–water partition coefficient (Wildman–Crippen LogP) is 3.75. The van der Waals surface area contributed by atoms with Crippen LogP contribution in [0.25, 0.3) is 0 Å². The van der Waals surface area contributed by atoms with Gasteiger partial charge in [-0.05, 0) is 92.3 Å². The molecule has 2 nitrogen and oxygen atoms in total. The number of aliphatic hydroxyl groups is 2. The van der Waals surface area contributed by atoms with Crippen molar-refractivity contribution in [2.45, 2.75) is 83.3 Å². The largest absolute Gasteiger partial charge is 0.393 e. The number of aliphatic hydroxyl groups excluding tert-OH is 1. The SMILES string of the molecule is C#C[C@@]1(O)CC[C@@]2(C)[C@H](CC[C@@H]3[C@@H]2CC[C@]2(C)[C@@H](O)CC[C@@H]32)C1. The minimum Gasteiger partial charge on any atom is -0.393 e. The van der Waals surface area contributed by atoms with Crippen LogP contribution < -0.4 is 0 Å². The van der Waals surface area contributed by atoms with E-state index in [1.807, 2.05) is 0 Å². The molecule has 0 unspecified atom stereocenters. The van der Waals surface area contributed by atoms with E-state index in [1.165, 1.54) is 32.1 Å². The van der Waals surface area contributed by atoms with Gasteiger partial charge in [0.2, 0.25) is 0 Å². The van der Waals surface area contributed by atoms with Gasteiger partial charge in [0.25, 0.3) is 0 Å². The van der Waals surface area contributed by atoms with Crippen LogP contribution in [0.3, 0.4) is 0 Å². The van der Waals surface area contributed by atoms with E-state index in [9.17, 15) is 10.2 Å². The summed E-state index contributed by atoms with van der Waals surface area (Å²) in [6, 6.07) is 0. The van der Waals surface area contributed by atoms with Crippen molar-refractivity contribution in [3.8, 4) is 12.3 Å². The monoisotopic (exact) mass is 316 g/mol. The second-order valence-electron chi connectivity index (χ2n) is 9.67. The fourth-order valence-corrected chi connectivity index (χ4v) is 7.35. The molecular weight excluding hydrogens is 284 g/mol. The van der Waals surface area contributed by atoms with E-state index in [0.717, 1.165) is 37.5 Å². The molecule has 4 fully saturated rings. The minimum absolute atomic E-state index is 0.0862. The molecule has 0 aromatic heterocycles. The van der Waals surface area contributed by atoms with E-state index >= 15 is 0 Å². The molecule has 0 aromatic carbocycles. The van der Waals surface area contributed by atoms with E-state index in [2.05, 4.69) is 19.8 Å². The Hall–Kier alpha value is -0.520. The molecule has 0 amide bonds. The first-order chi connectivity index (χ1) is 10.8. The first-order valence-electron chi connectivity index (χ1n) is 9.71. The molecule has 23 heavy (non-hydrogen) atoms. The van der Waals surface area contributed by atoms with Gasteiger partial charge in [-0.1, -0.05) is 19.8 Å². The Balaban J connectivity index is 1.61. The van der Waals surface area contributed by atoms with Gasteiger partial charge in [-0.15, -0.1) is 6.42 Å². The van der Waals surface area contributed by atoms with Crippen LogP contribution in [0.1, 0.15) is 71.6 Å². The number of hydrogen-bond acceptors (Lipinski definition) is 2. The molecule has 2 N–H and O–H groups in total. The molecule has 0 heterocycles. The summed E-state index contributed by atoms with van der Waals surface area (Å²) in [6.45, 7) is 4.83. The maximum absolute atomic E-state index is 10.6. The fraction of sp³-hybridized carbons (Fsp3) is 0.905. The lowest BCUT2D eigenvalue weighted by molar-refractivity contribution is -0.143. The average Bonchev–Trinajstić information content (AvgIpc) is 2.84. The van der Waals surface area contributed by atoms with Crippen molar-refractivity contribution in [2.24, 2.45) is 34.5 Å². The molecule has 4 saturated carbocycles. The highest BCUT2D eigenvalue weighted by atomic mass is 16.3. The molecule has 4 aliphatic rings. The lowest BCUT2D eigenvalue weighted by Gasteiger charge is -2.61. The molecule has 0 aromatic rings. The highest BCUT2D eigenvalue weighted by Crippen LogP contribution is 2.66. The Kier molecular flexibility index (Phi) is 3.47. The third-order valence-corrected chi connectivity index (χ3v) is 8.95. The Morgan fingerprint density at radius 1 is 0.913 bits per heavy atom. The fourth-order valence-electron chi connectivity index (χ4n) is 7.35. The Bertz CT molecular complexity index is 536. The molecule has 0 saturated heterocycles. The molecule has 128 valence electrons. The molecule has 0 aliphatic heterocycles. The topological polar surface area (TPSA) is 40.5 Å². The maximum atomic E-state index is 10.6. The van der Waals surface area contributed by atoms with Gasteiger partial charge in [0.1, 0.15) is 5.60 Å². The van der Waals surface area contributed by atoms with Crippen molar-refractivity contribution in [3.05, 3.63) is 0 Å². The predicted molar refractivity (Wildman–Crippen MR) is 91.5 cm³/mol. The van der Waals surface area contributed by atoms with Crippen LogP contribution in [0.5, 0.6) is 0 Å². The van der Waals surface area contributed by atoms with Gasteiger partial charge < -0.3 is 10.2 Å². The molecule has 2 heteroatoms. The third kappa shape index (κ3) is 2.09. The highest BCUT2D eigenvalue weighted by molar-refractivity contribution is 5.16. The number of fused-ring (bicyclic) bond motifs is 5. The zero-order valence-electron chi connectivity index (χ0n) is 14.7. The zero-order valence-corrected chi connectivity index (χ0v) is 14.7. The van der Waals surface area contributed by atoms with Crippen molar-refractivity contribution in [1.29, 1.82) is 0 Å². The Labute approximate surface area is 141 Å². The van der Waals surface area contributed by atoms with E-state index in [0.29, 0.717) is 17.3 Å². The molecule has 4 rings (SSSR count). The number of hydrogen-bond donors (Lipinski definition) is 2. The van der Waals surface area contributed by atoms with Crippen LogP contribution in [0.15, 0.2) is 0 Å². The van der Waals surface area contributed by atoms with Crippen LogP contribution >= 0.6 is 0 Å². The van der Waals surface area contributed by atoms with Gasteiger partial charge in [0.05, 0.1) is 6.10 Å². The van der Waals surface area contributed by atoms with E-state index < -0.39 is 5.60 Å². The van der Waals surface area contributed by atoms with Crippen molar-refractivity contribution < 1.29 is 10.2 Å². The zero-order chi connectivity index (χ0) is 16.5. The van der Waals surface area contributed by atoms with E-state index in [-0.39, 0.29) is 11.5 Å². The quantitative estimate of drug-likeness (QED) is 0.668. The Morgan fingerprint density at radius 2 is 1.65 bits per heavy atom. The smallest absolute Gasteiger partial charge is 0.125 e. The van der Waals surface area contributed by atoms with Gasteiger partial charge in [-0.3, -0.25) is 0 Å². The summed E-state index contributed by atoms with van der Waals surface area (Å²) >= 11 is 0. The lowest BCUT2D eigenvalue weighted by Crippen LogP contribution is -2.56. The first-order valence-corrected chi connectivity index (χ1v) is 9.71. The molecular formula is C21H32O2. The summed E-state index contributed by atoms with van der Waals surface area (Å²) in [4.78, 5) is 0. The second kappa shape index (κ2) is 4.99. The van der Waals surface area contributed by atoms with Gasteiger partial charge in [-0.2, -0.15) is 0 Å². The normalized spacial score (nSPS) is 58.7. The molecule has 0 radical (unpaired) electrons. The lowest BCUT2D eigenvalue weighted by atomic mass is 9.44. The average molecular weight is 316 g/mol. The summed E-state index contributed by atoms with van der Waals surface area (Å²) < 4.78 is 0. The number of terminal acetylenes is 1. The van der Waals surface area contributed by atoms with Crippen LogP contribution in [0.2, 0.25) is 0 Å². The van der Waals surface area contributed by atoms with Crippen molar-refractivity contribution in [3.63, 3.8) is 0 Å². The van der Waals surface area contributed by atoms with Gasteiger partial charge in [-0.25, -0.2) is 0 Å². The molecule has 4 aliphatic carbocycles. The van der Waals surface area contributed by atoms with Gasteiger partial charge in [0.15, 0.2) is 0 Å². The summed E-state index contributed by atoms with van der Waals surface area (Å²) in [5.74, 6) is 5.51. The molecule has 0 bridgehead atoms. The van der Waals surface area contributed by atoms with Gasteiger partial charge in [0, 0.05) is 0 Å². The Morgan fingerprint density at radius 3 is 2.39 bits per heavy atom. The number of rotatable bonds is 0.